The molecule has 5 heteroatoms. The maximum atomic E-state index is 12.7. The SMILES string of the molecule is CN(CC1Cc2ccccc2CO1)C(=O)c1ccc2nc[nH]c2c1. The number of imidazole rings is 1. The second-order valence-corrected chi connectivity index (χ2v) is 6.23. The Kier molecular flexibility index (Phi) is 3.78. The maximum absolute atomic E-state index is 12.7. The van der Waals surface area contributed by atoms with Gasteiger partial charge in [0.15, 0.2) is 0 Å². The molecule has 5 nitrogen and oxygen atoms in total. The van der Waals surface area contributed by atoms with E-state index in [2.05, 4.69) is 28.2 Å². The van der Waals surface area contributed by atoms with E-state index in [0.717, 1.165) is 17.5 Å². The van der Waals surface area contributed by atoms with E-state index >= 15 is 0 Å². The van der Waals surface area contributed by atoms with Crippen molar-refractivity contribution < 1.29 is 9.53 Å². The lowest BCUT2D eigenvalue weighted by Crippen LogP contribution is -2.38. The van der Waals surface area contributed by atoms with Gasteiger partial charge in [0.1, 0.15) is 0 Å². The van der Waals surface area contributed by atoms with Gasteiger partial charge in [-0.3, -0.25) is 4.79 Å². The fourth-order valence-electron chi connectivity index (χ4n) is 3.20. The first-order chi connectivity index (χ1) is 11.7. The standard InChI is InChI=1S/C19H19N3O2/c1-22(10-16-8-13-4-2-3-5-15(13)11-24-16)19(23)14-6-7-17-18(9-14)21-12-20-17/h2-7,9,12,16H,8,10-11H2,1H3,(H,20,21). The van der Waals surface area contributed by atoms with Gasteiger partial charge < -0.3 is 14.6 Å². The van der Waals surface area contributed by atoms with E-state index < -0.39 is 0 Å². The predicted octanol–water partition coefficient (Wildman–Crippen LogP) is 2.78. The number of nitrogens with zero attached hydrogens (tertiary/aromatic N) is 2. The van der Waals surface area contributed by atoms with Crippen molar-refractivity contribution in [3.8, 4) is 0 Å². The molecule has 2 heterocycles. The molecule has 1 amide bonds. The second kappa shape index (κ2) is 6.09. The highest BCUT2D eigenvalue weighted by Gasteiger charge is 2.22. The Morgan fingerprint density at radius 1 is 1.29 bits per heavy atom. The Morgan fingerprint density at radius 2 is 2.12 bits per heavy atom. The highest BCUT2D eigenvalue weighted by atomic mass is 16.5. The van der Waals surface area contributed by atoms with Gasteiger partial charge in [0, 0.05) is 25.6 Å². The summed E-state index contributed by atoms with van der Waals surface area (Å²) in [5.41, 5.74) is 4.95. The first-order valence-corrected chi connectivity index (χ1v) is 8.08. The van der Waals surface area contributed by atoms with Gasteiger partial charge in [-0.25, -0.2) is 4.98 Å². The van der Waals surface area contributed by atoms with Crippen molar-refractivity contribution in [2.75, 3.05) is 13.6 Å². The zero-order valence-corrected chi connectivity index (χ0v) is 13.5. The minimum Gasteiger partial charge on any atom is -0.371 e. The monoisotopic (exact) mass is 321 g/mol. The van der Waals surface area contributed by atoms with Gasteiger partial charge in [0.05, 0.1) is 30.1 Å². The number of H-pyrrole nitrogens is 1. The number of aromatic amines is 1. The van der Waals surface area contributed by atoms with E-state index in [1.54, 1.807) is 11.2 Å². The van der Waals surface area contributed by atoms with E-state index in [4.69, 9.17) is 4.74 Å². The molecule has 1 atom stereocenters. The van der Waals surface area contributed by atoms with E-state index in [1.807, 2.05) is 31.3 Å². The summed E-state index contributed by atoms with van der Waals surface area (Å²) in [6.45, 7) is 1.19. The number of benzene rings is 2. The molecule has 3 aromatic rings. The van der Waals surface area contributed by atoms with Crippen LogP contribution in [0.2, 0.25) is 0 Å². The third-order valence-corrected chi connectivity index (χ3v) is 4.53. The van der Waals surface area contributed by atoms with Crippen LogP contribution >= 0.6 is 0 Å². The molecule has 1 aliphatic heterocycles. The number of nitrogens with one attached hydrogen (secondary N) is 1. The minimum atomic E-state index is -0.00559. The average Bonchev–Trinajstić information content (AvgIpc) is 3.08. The molecular weight excluding hydrogens is 302 g/mol. The summed E-state index contributed by atoms with van der Waals surface area (Å²) < 4.78 is 5.91. The van der Waals surface area contributed by atoms with Crippen LogP contribution in [0.4, 0.5) is 0 Å². The Bertz CT molecular complexity index is 887. The molecule has 1 aromatic heterocycles. The Hall–Kier alpha value is -2.66. The van der Waals surface area contributed by atoms with Crippen molar-refractivity contribution in [2.24, 2.45) is 0 Å². The Labute approximate surface area is 140 Å². The van der Waals surface area contributed by atoms with E-state index in [1.165, 1.54) is 11.1 Å². The van der Waals surface area contributed by atoms with Gasteiger partial charge in [-0.1, -0.05) is 24.3 Å². The molecule has 0 aliphatic carbocycles. The van der Waals surface area contributed by atoms with Gasteiger partial charge in [-0.2, -0.15) is 0 Å². The molecule has 122 valence electrons. The number of ether oxygens (including phenoxy) is 1. The number of hydrogen-bond donors (Lipinski definition) is 1. The lowest BCUT2D eigenvalue weighted by atomic mass is 9.99. The van der Waals surface area contributed by atoms with Crippen LogP contribution in [0.15, 0.2) is 48.8 Å². The Balaban J connectivity index is 1.46. The third kappa shape index (κ3) is 2.78. The molecule has 0 radical (unpaired) electrons. The van der Waals surface area contributed by atoms with E-state index in [-0.39, 0.29) is 12.0 Å². The van der Waals surface area contributed by atoms with E-state index in [0.29, 0.717) is 18.7 Å². The van der Waals surface area contributed by atoms with Crippen LogP contribution in [-0.4, -0.2) is 40.5 Å². The first kappa shape index (κ1) is 14.9. The highest BCUT2D eigenvalue weighted by molar-refractivity contribution is 5.97. The lowest BCUT2D eigenvalue weighted by molar-refractivity contribution is 0.00985. The maximum Gasteiger partial charge on any atom is 0.253 e. The number of carbonyl (C=O) groups excluding carboxylic acids is 1. The van der Waals surface area contributed by atoms with Gasteiger partial charge in [0.25, 0.3) is 5.91 Å². The van der Waals surface area contributed by atoms with Crippen LogP contribution in [0.1, 0.15) is 21.5 Å². The molecule has 0 saturated carbocycles. The minimum absolute atomic E-state index is 0.00559. The van der Waals surface area contributed by atoms with Crippen molar-refractivity contribution in [3.63, 3.8) is 0 Å². The quantitative estimate of drug-likeness (QED) is 0.807. The number of rotatable bonds is 3. The van der Waals surface area contributed by atoms with Gasteiger partial charge in [-0.05, 0) is 29.3 Å². The van der Waals surface area contributed by atoms with Gasteiger partial charge >= 0.3 is 0 Å². The van der Waals surface area contributed by atoms with Crippen molar-refractivity contribution in [1.29, 1.82) is 0 Å². The smallest absolute Gasteiger partial charge is 0.253 e. The molecule has 0 bridgehead atoms. The largest absolute Gasteiger partial charge is 0.371 e. The van der Waals surface area contributed by atoms with Crippen LogP contribution in [0.25, 0.3) is 11.0 Å². The fraction of sp³-hybridized carbons (Fsp3) is 0.263. The Morgan fingerprint density at radius 3 is 3.00 bits per heavy atom. The number of carbonyl (C=O) groups is 1. The third-order valence-electron chi connectivity index (χ3n) is 4.53. The first-order valence-electron chi connectivity index (χ1n) is 8.08. The molecule has 1 aliphatic rings. The zero-order chi connectivity index (χ0) is 16.5. The molecular formula is C19H19N3O2. The highest BCUT2D eigenvalue weighted by Crippen LogP contribution is 2.21. The van der Waals surface area contributed by atoms with Crippen LogP contribution < -0.4 is 0 Å². The van der Waals surface area contributed by atoms with Crippen LogP contribution in [0, 0.1) is 0 Å². The molecule has 0 fully saturated rings. The summed E-state index contributed by atoms with van der Waals surface area (Å²) in [4.78, 5) is 21.6. The molecule has 1 unspecified atom stereocenters. The topological polar surface area (TPSA) is 58.2 Å². The second-order valence-electron chi connectivity index (χ2n) is 6.23. The number of aromatic nitrogens is 2. The van der Waals surface area contributed by atoms with Crippen LogP contribution in [0.3, 0.4) is 0 Å². The molecule has 1 N–H and O–H groups in total. The van der Waals surface area contributed by atoms with Crippen molar-refractivity contribution in [3.05, 3.63) is 65.5 Å². The van der Waals surface area contributed by atoms with E-state index in [9.17, 15) is 4.79 Å². The number of fused-ring (bicyclic) bond motifs is 2. The van der Waals surface area contributed by atoms with Crippen molar-refractivity contribution in [2.45, 2.75) is 19.1 Å². The molecule has 24 heavy (non-hydrogen) atoms. The van der Waals surface area contributed by atoms with Gasteiger partial charge in [0.2, 0.25) is 0 Å². The summed E-state index contributed by atoms with van der Waals surface area (Å²) in [6.07, 6.45) is 2.51. The summed E-state index contributed by atoms with van der Waals surface area (Å²) in [7, 11) is 1.82. The van der Waals surface area contributed by atoms with Crippen molar-refractivity contribution in [1.82, 2.24) is 14.9 Å². The summed E-state index contributed by atoms with van der Waals surface area (Å²) in [5.74, 6) is -0.00559. The molecule has 0 saturated heterocycles. The fourth-order valence-corrected chi connectivity index (χ4v) is 3.20. The number of amides is 1. The summed E-state index contributed by atoms with van der Waals surface area (Å²) in [5, 5.41) is 0. The number of likely N-dealkylation sites (N-methyl/N-ethyl adjacent to an activating group) is 1. The predicted molar refractivity (Wildman–Crippen MR) is 91.8 cm³/mol. The van der Waals surface area contributed by atoms with Gasteiger partial charge in [-0.15, -0.1) is 0 Å². The van der Waals surface area contributed by atoms with Crippen LogP contribution in [-0.2, 0) is 17.8 Å². The lowest BCUT2D eigenvalue weighted by Gasteiger charge is -2.29. The normalized spacial score (nSPS) is 16.8. The molecule has 0 spiro atoms. The zero-order valence-electron chi connectivity index (χ0n) is 13.5. The average molecular weight is 321 g/mol. The number of hydrogen-bond acceptors (Lipinski definition) is 3. The molecule has 2 aromatic carbocycles. The van der Waals surface area contributed by atoms with Crippen molar-refractivity contribution >= 4 is 16.9 Å². The summed E-state index contributed by atoms with van der Waals surface area (Å²) in [6, 6.07) is 13.8. The molecule has 4 rings (SSSR count). The summed E-state index contributed by atoms with van der Waals surface area (Å²) >= 11 is 0. The van der Waals surface area contributed by atoms with Crippen LogP contribution in [0.5, 0.6) is 0 Å².